The summed E-state index contributed by atoms with van der Waals surface area (Å²) in [5, 5.41) is 9.82. The molecule has 7 nitrogen and oxygen atoms in total. The number of aryl methyl sites for hydroxylation is 2. The van der Waals surface area contributed by atoms with E-state index in [0.717, 1.165) is 36.9 Å². The number of carbonyl (C=O) groups excluding carboxylic acids is 1. The van der Waals surface area contributed by atoms with Crippen LogP contribution in [0.5, 0.6) is 0 Å². The zero-order chi connectivity index (χ0) is 16.1. The Labute approximate surface area is 133 Å². The summed E-state index contributed by atoms with van der Waals surface area (Å²) in [4.78, 5) is 24.8. The Bertz CT molecular complexity index is 803. The number of aromatic nitrogens is 3. The molecule has 0 unspecified atom stereocenters. The van der Waals surface area contributed by atoms with E-state index < -0.39 is 0 Å². The molecule has 1 aliphatic heterocycles. The second-order valence-corrected chi connectivity index (χ2v) is 6.55. The highest BCUT2D eigenvalue weighted by Crippen LogP contribution is 2.40. The van der Waals surface area contributed by atoms with Crippen LogP contribution in [0.4, 0.5) is 5.82 Å². The first-order valence-corrected chi connectivity index (χ1v) is 8.13. The van der Waals surface area contributed by atoms with E-state index in [1.165, 1.54) is 0 Å². The summed E-state index contributed by atoms with van der Waals surface area (Å²) in [6.07, 6.45) is 4.61. The molecule has 0 saturated heterocycles. The molecule has 7 heteroatoms. The molecule has 1 atom stereocenters. The lowest BCUT2D eigenvalue weighted by molar-refractivity contribution is -0.116. The summed E-state index contributed by atoms with van der Waals surface area (Å²) in [6, 6.07) is 0.259. The highest BCUT2D eigenvalue weighted by Gasteiger charge is 2.37. The molecule has 2 aromatic heterocycles. The lowest BCUT2D eigenvalue weighted by atomic mass is 9.86. The second-order valence-electron chi connectivity index (χ2n) is 6.55. The average molecular weight is 316 g/mol. The van der Waals surface area contributed by atoms with Crippen LogP contribution in [0, 0.1) is 13.8 Å². The van der Waals surface area contributed by atoms with Crippen molar-refractivity contribution < 1.29 is 9.32 Å². The second kappa shape index (κ2) is 5.11. The number of amides is 1. The van der Waals surface area contributed by atoms with Crippen LogP contribution in [0.1, 0.15) is 66.6 Å². The van der Waals surface area contributed by atoms with Gasteiger partial charge in [0.25, 0.3) is 5.56 Å². The van der Waals surface area contributed by atoms with E-state index in [-0.39, 0.29) is 29.8 Å². The van der Waals surface area contributed by atoms with E-state index in [1.54, 1.807) is 0 Å². The number of aromatic amines is 1. The number of H-pyrrole nitrogens is 1. The van der Waals surface area contributed by atoms with Crippen molar-refractivity contribution in [3.8, 4) is 0 Å². The van der Waals surface area contributed by atoms with Gasteiger partial charge in [-0.3, -0.25) is 19.4 Å². The first-order chi connectivity index (χ1) is 11.1. The van der Waals surface area contributed by atoms with E-state index in [2.05, 4.69) is 15.6 Å². The van der Waals surface area contributed by atoms with Gasteiger partial charge in [-0.05, 0) is 26.7 Å². The van der Waals surface area contributed by atoms with Crippen LogP contribution in [0.3, 0.4) is 0 Å². The number of fused-ring (bicyclic) bond motifs is 1. The molecule has 1 amide bonds. The van der Waals surface area contributed by atoms with Crippen LogP contribution in [-0.2, 0) is 4.79 Å². The minimum absolute atomic E-state index is 0.0757. The highest BCUT2D eigenvalue weighted by atomic mass is 16.5. The maximum Gasteiger partial charge on any atom is 0.270 e. The standard InChI is InChI=1S/C16H20N4O3/c1-8-13(9(2)23-19-8)11-7-12(21)17-15-14(11)16(22)18-20(15)10-5-3-4-6-10/h10-11H,3-7H2,1-2H3,(H,17,21)(H,18,22)/t11-/m1/s1. The van der Waals surface area contributed by atoms with Gasteiger partial charge >= 0.3 is 0 Å². The summed E-state index contributed by atoms with van der Waals surface area (Å²) in [6.45, 7) is 3.67. The van der Waals surface area contributed by atoms with Crippen LogP contribution < -0.4 is 10.9 Å². The quantitative estimate of drug-likeness (QED) is 0.889. The van der Waals surface area contributed by atoms with Gasteiger partial charge < -0.3 is 9.84 Å². The third kappa shape index (κ3) is 2.14. The summed E-state index contributed by atoms with van der Waals surface area (Å²) < 4.78 is 7.11. The molecular weight excluding hydrogens is 296 g/mol. The zero-order valence-corrected chi connectivity index (χ0v) is 13.3. The van der Waals surface area contributed by atoms with Crippen molar-refractivity contribution in [3.05, 3.63) is 32.9 Å². The van der Waals surface area contributed by atoms with E-state index in [9.17, 15) is 9.59 Å². The van der Waals surface area contributed by atoms with E-state index >= 15 is 0 Å². The third-order valence-corrected chi connectivity index (χ3v) is 5.09. The largest absolute Gasteiger partial charge is 0.361 e. The Morgan fingerprint density at radius 1 is 1.17 bits per heavy atom. The van der Waals surface area contributed by atoms with Crippen molar-refractivity contribution in [1.29, 1.82) is 0 Å². The minimum atomic E-state index is -0.295. The SMILES string of the molecule is Cc1noc(C)c1[C@H]1CC(=O)Nc2c1c(=O)[nH]n2C1CCCC1. The predicted molar refractivity (Wildman–Crippen MR) is 83.6 cm³/mol. The van der Waals surface area contributed by atoms with Crippen LogP contribution in [-0.4, -0.2) is 20.8 Å². The molecule has 0 spiro atoms. The number of carbonyl (C=O) groups is 1. The van der Waals surface area contributed by atoms with Crippen LogP contribution in [0.2, 0.25) is 0 Å². The fourth-order valence-corrected chi connectivity index (χ4v) is 4.05. The Morgan fingerprint density at radius 2 is 1.91 bits per heavy atom. The number of nitrogens with one attached hydrogen (secondary N) is 2. The topological polar surface area (TPSA) is 92.9 Å². The normalized spacial score (nSPS) is 21.5. The summed E-state index contributed by atoms with van der Waals surface area (Å²) >= 11 is 0. The predicted octanol–water partition coefficient (Wildman–Crippen LogP) is 2.37. The molecule has 0 radical (unpaired) electrons. The summed E-state index contributed by atoms with van der Waals surface area (Å²) in [5.41, 5.74) is 2.10. The molecule has 2 aliphatic rings. The summed E-state index contributed by atoms with van der Waals surface area (Å²) in [5.74, 6) is 0.925. The Morgan fingerprint density at radius 3 is 2.57 bits per heavy atom. The number of rotatable bonds is 2. The van der Waals surface area contributed by atoms with Gasteiger partial charge in [-0.15, -0.1) is 0 Å². The molecule has 3 heterocycles. The minimum Gasteiger partial charge on any atom is -0.361 e. The van der Waals surface area contributed by atoms with Crippen molar-refractivity contribution in [2.24, 2.45) is 0 Å². The number of hydrogen-bond donors (Lipinski definition) is 2. The van der Waals surface area contributed by atoms with Gasteiger partial charge in [-0.1, -0.05) is 18.0 Å². The summed E-state index contributed by atoms with van der Waals surface area (Å²) in [7, 11) is 0. The lowest BCUT2D eigenvalue weighted by Gasteiger charge is -2.24. The molecule has 1 saturated carbocycles. The Hall–Kier alpha value is -2.31. The van der Waals surface area contributed by atoms with Gasteiger partial charge in [0, 0.05) is 17.9 Å². The van der Waals surface area contributed by atoms with Gasteiger partial charge in [0.1, 0.15) is 11.6 Å². The molecule has 0 aromatic carbocycles. The average Bonchev–Trinajstić information content (AvgIpc) is 3.20. The van der Waals surface area contributed by atoms with Crippen molar-refractivity contribution in [2.75, 3.05) is 5.32 Å². The molecule has 2 aromatic rings. The molecular formula is C16H20N4O3. The maximum atomic E-state index is 12.6. The molecule has 2 N–H and O–H groups in total. The highest BCUT2D eigenvalue weighted by molar-refractivity contribution is 5.94. The third-order valence-electron chi connectivity index (χ3n) is 5.09. The monoisotopic (exact) mass is 316 g/mol. The van der Waals surface area contributed by atoms with Crippen molar-refractivity contribution in [1.82, 2.24) is 14.9 Å². The number of anilines is 1. The molecule has 0 bridgehead atoms. The Balaban J connectivity index is 1.88. The van der Waals surface area contributed by atoms with Crippen LogP contribution in [0.15, 0.2) is 9.32 Å². The smallest absolute Gasteiger partial charge is 0.270 e. The van der Waals surface area contributed by atoms with Gasteiger partial charge in [-0.2, -0.15) is 0 Å². The van der Waals surface area contributed by atoms with Gasteiger partial charge in [0.05, 0.1) is 17.3 Å². The number of nitrogens with zero attached hydrogens (tertiary/aromatic N) is 2. The van der Waals surface area contributed by atoms with Gasteiger partial charge in [0.15, 0.2) is 0 Å². The van der Waals surface area contributed by atoms with Crippen LogP contribution in [0.25, 0.3) is 0 Å². The maximum absolute atomic E-state index is 12.6. The first kappa shape index (κ1) is 14.3. The van der Waals surface area contributed by atoms with Crippen molar-refractivity contribution in [3.63, 3.8) is 0 Å². The fourth-order valence-electron chi connectivity index (χ4n) is 4.05. The van der Waals surface area contributed by atoms with Crippen molar-refractivity contribution >= 4 is 11.7 Å². The van der Waals surface area contributed by atoms with E-state index in [4.69, 9.17) is 4.52 Å². The van der Waals surface area contributed by atoms with Gasteiger partial charge in [-0.25, -0.2) is 0 Å². The molecule has 122 valence electrons. The molecule has 4 rings (SSSR count). The lowest BCUT2D eigenvalue weighted by Crippen LogP contribution is -2.27. The van der Waals surface area contributed by atoms with E-state index in [1.807, 2.05) is 18.5 Å². The van der Waals surface area contributed by atoms with E-state index in [0.29, 0.717) is 17.1 Å². The van der Waals surface area contributed by atoms with Crippen LogP contribution >= 0.6 is 0 Å². The first-order valence-electron chi connectivity index (χ1n) is 8.13. The molecule has 1 fully saturated rings. The zero-order valence-electron chi connectivity index (χ0n) is 13.3. The number of hydrogen-bond acceptors (Lipinski definition) is 4. The van der Waals surface area contributed by atoms with Gasteiger partial charge in [0.2, 0.25) is 5.91 Å². The van der Waals surface area contributed by atoms with Crippen molar-refractivity contribution in [2.45, 2.75) is 57.9 Å². The fraction of sp³-hybridized carbons (Fsp3) is 0.562. The molecule has 23 heavy (non-hydrogen) atoms. The molecule has 1 aliphatic carbocycles. The Kier molecular flexibility index (Phi) is 3.18.